The van der Waals surface area contributed by atoms with Gasteiger partial charge in [0.1, 0.15) is 11.7 Å². The summed E-state index contributed by atoms with van der Waals surface area (Å²) in [5.74, 6) is 0. The molecule has 2 aromatic carbocycles. The van der Waals surface area contributed by atoms with Crippen LogP contribution in [0.3, 0.4) is 0 Å². The normalized spacial score (nSPS) is 13.5. The maximum atomic E-state index is 11.9. The molecule has 0 aliphatic heterocycles. The van der Waals surface area contributed by atoms with Gasteiger partial charge in [0.25, 0.3) is 0 Å². The molecular formula is C24H33NO5. The van der Waals surface area contributed by atoms with E-state index in [4.69, 9.17) is 14.2 Å². The first-order valence-corrected chi connectivity index (χ1v) is 10.3. The molecule has 164 valence electrons. The van der Waals surface area contributed by atoms with E-state index in [0.29, 0.717) is 26.2 Å². The van der Waals surface area contributed by atoms with Crippen LogP contribution in [0.4, 0.5) is 4.79 Å². The SMILES string of the molecule is CC(C)(C)OC(=O)NCC[C@@H](OCc1ccccc1)[C@@H](CO)OCc1ccccc1. The fraction of sp³-hybridized carbons (Fsp3) is 0.458. The lowest BCUT2D eigenvalue weighted by molar-refractivity contribution is -0.106. The Morgan fingerprint density at radius 3 is 1.87 bits per heavy atom. The Kier molecular flexibility index (Phi) is 9.80. The van der Waals surface area contributed by atoms with Gasteiger partial charge in [0.2, 0.25) is 0 Å². The van der Waals surface area contributed by atoms with Gasteiger partial charge < -0.3 is 24.6 Å². The van der Waals surface area contributed by atoms with Gasteiger partial charge in [0, 0.05) is 6.54 Å². The first kappa shape index (κ1) is 23.9. The maximum absolute atomic E-state index is 11.9. The first-order valence-electron chi connectivity index (χ1n) is 10.3. The zero-order valence-corrected chi connectivity index (χ0v) is 18.0. The van der Waals surface area contributed by atoms with E-state index in [2.05, 4.69) is 5.32 Å². The summed E-state index contributed by atoms with van der Waals surface area (Å²) < 4.78 is 17.3. The van der Waals surface area contributed by atoms with Crippen molar-refractivity contribution in [2.24, 2.45) is 0 Å². The van der Waals surface area contributed by atoms with Crippen molar-refractivity contribution in [1.82, 2.24) is 5.32 Å². The number of amides is 1. The standard InChI is InChI=1S/C24H33NO5/c1-24(2,3)30-23(27)25-15-14-21(28-17-19-10-6-4-7-11-19)22(16-26)29-18-20-12-8-5-9-13-20/h4-13,21-22,26H,14-18H2,1-3H3,(H,25,27)/t21-,22-/m1/s1. The molecule has 0 spiro atoms. The molecule has 2 atom stereocenters. The number of hydrogen-bond donors (Lipinski definition) is 2. The number of carbonyl (C=O) groups excluding carboxylic acids is 1. The maximum Gasteiger partial charge on any atom is 0.407 e. The minimum absolute atomic E-state index is 0.182. The lowest BCUT2D eigenvalue weighted by atomic mass is 10.1. The van der Waals surface area contributed by atoms with Crippen LogP contribution >= 0.6 is 0 Å². The van der Waals surface area contributed by atoms with E-state index in [1.807, 2.05) is 81.4 Å². The molecule has 1 amide bonds. The highest BCUT2D eigenvalue weighted by molar-refractivity contribution is 5.67. The Morgan fingerprint density at radius 2 is 1.40 bits per heavy atom. The van der Waals surface area contributed by atoms with E-state index in [9.17, 15) is 9.90 Å². The monoisotopic (exact) mass is 415 g/mol. The summed E-state index contributed by atoms with van der Waals surface area (Å²) in [6.07, 6.45) is -0.912. The second kappa shape index (κ2) is 12.3. The van der Waals surface area contributed by atoms with Crippen LogP contribution in [-0.2, 0) is 27.4 Å². The third-order valence-corrected chi connectivity index (χ3v) is 4.31. The predicted octanol–water partition coefficient (Wildman–Crippen LogP) is 4.06. The minimum atomic E-state index is -0.556. The van der Waals surface area contributed by atoms with Gasteiger partial charge in [-0.05, 0) is 38.3 Å². The Hall–Kier alpha value is -2.41. The zero-order valence-electron chi connectivity index (χ0n) is 18.0. The second-order valence-corrected chi connectivity index (χ2v) is 8.07. The fourth-order valence-corrected chi connectivity index (χ4v) is 2.84. The highest BCUT2D eigenvalue weighted by Crippen LogP contribution is 2.15. The quantitative estimate of drug-likeness (QED) is 0.579. The average Bonchev–Trinajstić information content (AvgIpc) is 2.72. The van der Waals surface area contributed by atoms with Crippen molar-refractivity contribution < 1.29 is 24.1 Å². The minimum Gasteiger partial charge on any atom is -0.444 e. The molecule has 6 heteroatoms. The molecule has 0 heterocycles. The number of aliphatic hydroxyl groups excluding tert-OH is 1. The summed E-state index contributed by atoms with van der Waals surface area (Å²) in [6.45, 7) is 6.38. The van der Waals surface area contributed by atoms with Crippen molar-refractivity contribution in [1.29, 1.82) is 0 Å². The largest absolute Gasteiger partial charge is 0.444 e. The molecule has 2 aromatic rings. The van der Waals surface area contributed by atoms with Gasteiger partial charge in [0.05, 0.1) is 25.9 Å². The molecule has 0 aliphatic carbocycles. The number of aliphatic hydroxyl groups is 1. The molecule has 0 aromatic heterocycles. The summed E-state index contributed by atoms with van der Waals surface area (Å²) in [7, 11) is 0. The molecule has 0 bridgehead atoms. The Bertz CT molecular complexity index is 730. The number of ether oxygens (including phenoxy) is 3. The van der Waals surface area contributed by atoms with Crippen LogP contribution in [0.25, 0.3) is 0 Å². The van der Waals surface area contributed by atoms with E-state index < -0.39 is 23.9 Å². The lowest BCUT2D eigenvalue weighted by Crippen LogP contribution is -2.39. The molecule has 0 saturated heterocycles. The molecule has 6 nitrogen and oxygen atoms in total. The number of rotatable bonds is 11. The van der Waals surface area contributed by atoms with Gasteiger partial charge in [-0.15, -0.1) is 0 Å². The molecule has 0 saturated carbocycles. The van der Waals surface area contributed by atoms with Crippen LogP contribution in [0, 0.1) is 0 Å². The zero-order chi connectivity index (χ0) is 21.8. The lowest BCUT2D eigenvalue weighted by Gasteiger charge is -2.27. The third kappa shape index (κ3) is 9.39. The van der Waals surface area contributed by atoms with Crippen LogP contribution in [0.5, 0.6) is 0 Å². The van der Waals surface area contributed by atoms with Crippen LogP contribution in [0.1, 0.15) is 38.3 Å². The van der Waals surface area contributed by atoms with Crippen molar-refractivity contribution >= 4 is 6.09 Å². The van der Waals surface area contributed by atoms with Crippen LogP contribution in [-0.4, -0.2) is 42.2 Å². The highest BCUT2D eigenvalue weighted by atomic mass is 16.6. The van der Waals surface area contributed by atoms with Gasteiger partial charge in [0.15, 0.2) is 0 Å². The smallest absolute Gasteiger partial charge is 0.407 e. The second-order valence-electron chi connectivity index (χ2n) is 8.07. The van der Waals surface area contributed by atoms with Crippen LogP contribution in [0.15, 0.2) is 60.7 Å². The summed E-state index contributed by atoms with van der Waals surface area (Å²) >= 11 is 0. The van der Waals surface area contributed by atoms with Gasteiger partial charge in [-0.3, -0.25) is 0 Å². The number of alkyl carbamates (subject to hydrolysis) is 1. The number of benzene rings is 2. The molecule has 0 unspecified atom stereocenters. The van der Waals surface area contributed by atoms with E-state index >= 15 is 0 Å². The highest BCUT2D eigenvalue weighted by Gasteiger charge is 2.24. The number of carbonyl (C=O) groups is 1. The summed E-state index contributed by atoms with van der Waals surface area (Å²) in [5.41, 5.74) is 1.49. The summed E-state index contributed by atoms with van der Waals surface area (Å²) in [5, 5.41) is 12.7. The molecular weight excluding hydrogens is 382 g/mol. The third-order valence-electron chi connectivity index (χ3n) is 4.31. The van der Waals surface area contributed by atoms with E-state index in [0.717, 1.165) is 11.1 Å². The van der Waals surface area contributed by atoms with Crippen LogP contribution in [0.2, 0.25) is 0 Å². The van der Waals surface area contributed by atoms with Gasteiger partial charge >= 0.3 is 6.09 Å². The van der Waals surface area contributed by atoms with Crippen molar-refractivity contribution in [2.75, 3.05) is 13.2 Å². The Morgan fingerprint density at radius 1 is 0.900 bits per heavy atom. The summed E-state index contributed by atoms with van der Waals surface area (Å²) in [6, 6.07) is 19.6. The van der Waals surface area contributed by atoms with E-state index in [-0.39, 0.29) is 6.61 Å². The van der Waals surface area contributed by atoms with E-state index in [1.165, 1.54) is 0 Å². The van der Waals surface area contributed by atoms with Crippen molar-refractivity contribution in [3.8, 4) is 0 Å². The number of nitrogens with one attached hydrogen (secondary N) is 1. The summed E-state index contributed by atoms with van der Waals surface area (Å²) in [4.78, 5) is 11.9. The molecule has 0 fully saturated rings. The first-order chi connectivity index (χ1) is 14.4. The van der Waals surface area contributed by atoms with Crippen molar-refractivity contribution in [3.05, 3.63) is 71.8 Å². The topological polar surface area (TPSA) is 77.0 Å². The average molecular weight is 416 g/mol. The van der Waals surface area contributed by atoms with E-state index in [1.54, 1.807) is 0 Å². The van der Waals surface area contributed by atoms with Gasteiger partial charge in [-0.2, -0.15) is 0 Å². The molecule has 2 rings (SSSR count). The van der Waals surface area contributed by atoms with Crippen molar-refractivity contribution in [2.45, 2.75) is 58.2 Å². The van der Waals surface area contributed by atoms with Crippen molar-refractivity contribution in [3.63, 3.8) is 0 Å². The fourth-order valence-electron chi connectivity index (χ4n) is 2.84. The molecule has 0 radical (unpaired) electrons. The van der Waals surface area contributed by atoms with Gasteiger partial charge in [-0.25, -0.2) is 4.79 Å². The Labute approximate surface area is 179 Å². The molecule has 0 aliphatic rings. The number of hydrogen-bond acceptors (Lipinski definition) is 5. The van der Waals surface area contributed by atoms with Crippen LogP contribution < -0.4 is 5.32 Å². The Balaban J connectivity index is 1.94. The molecule has 30 heavy (non-hydrogen) atoms. The van der Waals surface area contributed by atoms with Gasteiger partial charge in [-0.1, -0.05) is 60.7 Å². The molecule has 2 N–H and O–H groups in total. The predicted molar refractivity (Wildman–Crippen MR) is 116 cm³/mol.